The summed E-state index contributed by atoms with van der Waals surface area (Å²) in [4.78, 5) is 0. The predicted molar refractivity (Wildman–Crippen MR) is 110 cm³/mol. The second-order valence-electron chi connectivity index (χ2n) is 9.48. The molecule has 0 aliphatic heterocycles. The Bertz CT molecular complexity index is 976. The minimum atomic E-state index is -0.0791. The lowest BCUT2D eigenvalue weighted by atomic mass is 9.79. The molecule has 3 rings (SSSR count). The van der Waals surface area contributed by atoms with Crippen LogP contribution >= 0.6 is 0 Å². The van der Waals surface area contributed by atoms with Crippen LogP contribution in [0.4, 0.5) is 0 Å². The van der Waals surface area contributed by atoms with Crippen LogP contribution in [0.5, 0.6) is 5.95 Å². The van der Waals surface area contributed by atoms with Gasteiger partial charge in [0, 0.05) is 10.9 Å². The van der Waals surface area contributed by atoms with Crippen molar-refractivity contribution in [1.82, 2.24) is 0 Å². The van der Waals surface area contributed by atoms with Crippen molar-refractivity contribution < 1.29 is 9.52 Å². The van der Waals surface area contributed by atoms with Gasteiger partial charge in [0.25, 0.3) is 5.95 Å². The van der Waals surface area contributed by atoms with E-state index in [1.165, 1.54) is 16.7 Å². The van der Waals surface area contributed by atoms with E-state index in [2.05, 4.69) is 85.7 Å². The molecule has 0 aliphatic carbocycles. The first kappa shape index (κ1) is 18.6. The van der Waals surface area contributed by atoms with Crippen molar-refractivity contribution >= 4 is 11.0 Å². The maximum atomic E-state index is 10.7. The van der Waals surface area contributed by atoms with Gasteiger partial charge >= 0.3 is 0 Å². The van der Waals surface area contributed by atoms with Crippen molar-refractivity contribution in [3.63, 3.8) is 0 Å². The van der Waals surface area contributed by atoms with Gasteiger partial charge in [0.15, 0.2) is 0 Å². The Kier molecular flexibility index (Phi) is 4.22. The second-order valence-corrected chi connectivity index (χ2v) is 9.48. The highest BCUT2D eigenvalue weighted by Gasteiger charge is 2.27. The van der Waals surface area contributed by atoms with E-state index in [1.807, 2.05) is 0 Å². The molecule has 0 bridgehead atoms. The minimum Gasteiger partial charge on any atom is -0.480 e. The highest BCUT2D eigenvalue weighted by Crippen LogP contribution is 2.45. The first-order valence-electron chi connectivity index (χ1n) is 9.27. The normalized spacial score (nSPS) is 12.8. The number of aryl methyl sites for hydroxylation is 2. The van der Waals surface area contributed by atoms with Gasteiger partial charge in [-0.3, -0.25) is 0 Å². The quantitative estimate of drug-likeness (QED) is 0.511. The van der Waals surface area contributed by atoms with Crippen LogP contribution in [0.25, 0.3) is 22.1 Å². The monoisotopic (exact) mass is 350 g/mol. The molecule has 26 heavy (non-hydrogen) atoms. The van der Waals surface area contributed by atoms with Gasteiger partial charge in [-0.15, -0.1) is 0 Å². The van der Waals surface area contributed by atoms with Crippen molar-refractivity contribution in [3.05, 3.63) is 52.6 Å². The van der Waals surface area contributed by atoms with Crippen LogP contribution in [-0.4, -0.2) is 5.11 Å². The Morgan fingerprint density at radius 3 is 2.00 bits per heavy atom. The lowest BCUT2D eigenvalue weighted by molar-refractivity contribution is 0.346. The third kappa shape index (κ3) is 3.13. The van der Waals surface area contributed by atoms with E-state index in [-0.39, 0.29) is 16.8 Å². The minimum absolute atomic E-state index is 0.000174. The fourth-order valence-corrected chi connectivity index (χ4v) is 3.35. The molecule has 0 atom stereocenters. The summed E-state index contributed by atoms with van der Waals surface area (Å²) in [5.74, 6) is -0.000174. The third-order valence-electron chi connectivity index (χ3n) is 5.24. The molecular formula is C24H30O2. The zero-order valence-electron chi connectivity index (χ0n) is 17.2. The Balaban J connectivity index is 2.41. The predicted octanol–water partition coefficient (Wildman–Crippen LogP) is 7.02. The van der Waals surface area contributed by atoms with Crippen LogP contribution in [-0.2, 0) is 10.8 Å². The SMILES string of the molecule is Cc1ccc(-c2c(O)oc3c(C(C)(C)C)cc(C(C)(C)C)cc23)cc1C. The molecule has 2 aromatic carbocycles. The average Bonchev–Trinajstić information content (AvgIpc) is 2.83. The molecule has 0 spiro atoms. The standard InChI is InChI=1S/C24H30O2/c1-14-9-10-16(11-15(14)2)20-18-12-17(23(3,4)5)13-19(24(6,7)8)21(18)26-22(20)25/h9-13,25H,1-8H3. The van der Waals surface area contributed by atoms with Crippen molar-refractivity contribution in [2.75, 3.05) is 0 Å². The summed E-state index contributed by atoms with van der Waals surface area (Å²) in [6.45, 7) is 17.4. The van der Waals surface area contributed by atoms with Crippen LogP contribution in [0.15, 0.2) is 34.7 Å². The molecule has 0 saturated carbocycles. The van der Waals surface area contributed by atoms with Crippen LogP contribution in [0.2, 0.25) is 0 Å². The zero-order chi connectivity index (χ0) is 19.4. The van der Waals surface area contributed by atoms with E-state index in [0.717, 1.165) is 27.7 Å². The third-order valence-corrected chi connectivity index (χ3v) is 5.24. The number of hydrogen-bond acceptors (Lipinski definition) is 2. The van der Waals surface area contributed by atoms with Gasteiger partial charge < -0.3 is 9.52 Å². The number of benzene rings is 2. The van der Waals surface area contributed by atoms with E-state index in [1.54, 1.807) is 0 Å². The molecule has 0 aliphatic rings. The molecule has 0 saturated heterocycles. The van der Waals surface area contributed by atoms with E-state index in [0.29, 0.717) is 0 Å². The number of aromatic hydroxyl groups is 1. The van der Waals surface area contributed by atoms with E-state index in [4.69, 9.17) is 4.42 Å². The molecule has 1 heterocycles. The lowest BCUT2D eigenvalue weighted by Crippen LogP contribution is -2.16. The van der Waals surface area contributed by atoms with Crippen molar-refractivity contribution in [3.8, 4) is 17.1 Å². The zero-order valence-corrected chi connectivity index (χ0v) is 17.2. The van der Waals surface area contributed by atoms with Gasteiger partial charge in [0.05, 0.1) is 5.56 Å². The number of rotatable bonds is 1. The van der Waals surface area contributed by atoms with Crippen molar-refractivity contribution in [2.45, 2.75) is 66.2 Å². The van der Waals surface area contributed by atoms with Gasteiger partial charge in [0.2, 0.25) is 0 Å². The molecule has 0 fully saturated rings. The molecule has 1 aromatic heterocycles. The van der Waals surface area contributed by atoms with Crippen molar-refractivity contribution in [1.29, 1.82) is 0 Å². The lowest BCUT2D eigenvalue weighted by Gasteiger charge is -2.25. The van der Waals surface area contributed by atoms with Crippen LogP contribution in [0, 0.1) is 13.8 Å². The molecule has 0 unspecified atom stereocenters. The second kappa shape index (κ2) is 5.90. The van der Waals surface area contributed by atoms with Gasteiger partial charge in [0.1, 0.15) is 5.58 Å². The topological polar surface area (TPSA) is 33.4 Å². The first-order valence-corrected chi connectivity index (χ1v) is 9.27. The molecule has 1 N–H and O–H groups in total. The van der Waals surface area contributed by atoms with Crippen LogP contribution in [0.1, 0.15) is 63.8 Å². The average molecular weight is 351 g/mol. The maximum absolute atomic E-state index is 10.7. The molecule has 2 nitrogen and oxygen atoms in total. The summed E-state index contributed by atoms with van der Waals surface area (Å²) in [5, 5.41) is 11.7. The summed E-state index contributed by atoms with van der Waals surface area (Å²) in [6, 6.07) is 10.7. The van der Waals surface area contributed by atoms with E-state index < -0.39 is 0 Å². The van der Waals surface area contributed by atoms with E-state index >= 15 is 0 Å². The largest absolute Gasteiger partial charge is 0.480 e. The van der Waals surface area contributed by atoms with Crippen LogP contribution < -0.4 is 0 Å². The number of furan rings is 1. The number of fused-ring (bicyclic) bond motifs is 1. The highest BCUT2D eigenvalue weighted by atomic mass is 16.5. The Hall–Kier alpha value is -2.22. The van der Waals surface area contributed by atoms with Gasteiger partial charge in [-0.2, -0.15) is 0 Å². The van der Waals surface area contributed by atoms with Crippen LogP contribution in [0.3, 0.4) is 0 Å². The Labute approximate surface area is 156 Å². The molecule has 0 amide bonds. The summed E-state index contributed by atoms with van der Waals surface area (Å²) in [7, 11) is 0. The highest BCUT2D eigenvalue weighted by molar-refractivity contribution is 5.99. The Morgan fingerprint density at radius 2 is 1.46 bits per heavy atom. The molecule has 3 aromatic rings. The first-order chi connectivity index (χ1) is 11.9. The smallest absolute Gasteiger partial charge is 0.291 e. The Morgan fingerprint density at radius 1 is 0.808 bits per heavy atom. The summed E-state index contributed by atoms with van der Waals surface area (Å²) in [6.07, 6.45) is 0. The summed E-state index contributed by atoms with van der Waals surface area (Å²) < 4.78 is 5.90. The molecular weight excluding hydrogens is 320 g/mol. The fourth-order valence-electron chi connectivity index (χ4n) is 3.35. The maximum Gasteiger partial charge on any atom is 0.291 e. The van der Waals surface area contributed by atoms with E-state index in [9.17, 15) is 5.11 Å². The van der Waals surface area contributed by atoms with Gasteiger partial charge in [-0.1, -0.05) is 65.8 Å². The van der Waals surface area contributed by atoms with Gasteiger partial charge in [-0.05, 0) is 53.0 Å². The summed E-state index contributed by atoms with van der Waals surface area (Å²) in [5.41, 5.74) is 7.34. The molecule has 2 heteroatoms. The summed E-state index contributed by atoms with van der Waals surface area (Å²) >= 11 is 0. The van der Waals surface area contributed by atoms with Gasteiger partial charge in [-0.25, -0.2) is 0 Å². The molecule has 0 radical (unpaired) electrons. The van der Waals surface area contributed by atoms with Crippen molar-refractivity contribution in [2.24, 2.45) is 0 Å². The number of hydrogen-bond donors (Lipinski definition) is 1. The fraction of sp³-hybridized carbons (Fsp3) is 0.417. The molecule has 138 valence electrons.